The van der Waals surface area contributed by atoms with Crippen LogP contribution in [0, 0.1) is 0 Å². The van der Waals surface area contributed by atoms with Gasteiger partial charge in [-0.3, -0.25) is 14.4 Å². The monoisotopic (exact) mass is 427 g/mol. The van der Waals surface area contributed by atoms with Crippen LogP contribution in [0.4, 0.5) is 5.69 Å². The number of anilines is 1. The zero-order valence-corrected chi connectivity index (χ0v) is 17.0. The highest BCUT2D eigenvalue weighted by atomic mass is 16.7. The van der Waals surface area contributed by atoms with Crippen molar-refractivity contribution in [3.8, 4) is 11.5 Å². The number of rotatable bonds is 9. The molecule has 0 saturated carbocycles. The number of carbonyl (C=O) groups is 3. The summed E-state index contributed by atoms with van der Waals surface area (Å²) in [7, 11) is 0. The summed E-state index contributed by atoms with van der Waals surface area (Å²) in [5.41, 5.74) is 1.32. The second-order valence-electron chi connectivity index (χ2n) is 6.91. The van der Waals surface area contributed by atoms with Gasteiger partial charge in [-0.05, 0) is 49.1 Å². The molecule has 9 nitrogen and oxygen atoms in total. The van der Waals surface area contributed by atoms with E-state index in [1.807, 2.05) is 6.07 Å². The quantitative estimate of drug-likeness (QED) is 0.355. The minimum absolute atomic E-state index is 0.0992. The van der Waals surface area contributed by atoms with Gasteiger partial charge in [-0.1, -0.05) is 18.2 Å². The average molecular weight is 427 g/mol. The maximum absolute atomic E-state index is 12.7. The summed E-state index contributed by atoms with van der Waals surface area (Å²) in [5, 5.41) is 16.5. The number of unbranched alkanes of at least 4 members (excludes halogenated alkanes) is 2. The van der Waals surface area contributed by atoms with Gasteiger partial charge in [-0.2, -0.15) is 0 Å². The van der Waals surface area contributed by atoms with E-state index in [1.54, 1.807) is 36.4 Å². The van der Waals surface area contributed by atoms with Gasteiger partial charge in [0.05, 0.1) is 11.3 Å². The molecule has 9 heteroatoms. The minimum Gasteiger partial charge on any atom is -0.454 e. The van der Waals surface area contributed by atoms with Crippen molar-refractivity contribution < 1.29 is 29.0 Å². The fourth-order valence-electron chi connectivity index (χ4n) is 2.99. The highest BCUT2D eigenvalue weighted by Crippen LogP contribution is 2.32. The molecule has 0 unspecified atom stereocenters. The van der Waals surface area contributed by atoms with Crippen LogP contribution in [-0.2, 0) is 16.1 Å². The van der Waals surface area contributed by atoms with E-state index in [1.165, 1.54) is 0 Å². The van der Waals surface area contributed by atoms with E-state index in [9.17, 15) is 14.4 Å². The van der Waals surface area contributed by atoms with E-state index in [0.29, 0.717) is 30.9 Å². The summed E-state index contributed by atoms with van der Waals surface area (Å²) in [6, 6.07) is 11.9. The molecule has 2 aromatic carbocycles. The molecule has 0 fully saturated rings. The first-order chi connectivity index (χ1) is 15.1. The smallest absolute Gasteiger partial charge is 0.313 e. The molecule has 0 spiro atoms. The fourth-order valence-corrected chi connectivity index (χ4v) is 2.99. The molecular weight excluding hydrogens is 402 g/mol. The highest BCUT2D eigenvalue weighted by Gasteiger charge is 2.18. The van der Waals surface area contributed by atoms with Crippen LogP contribution in [0.5, 0.6) is 11.5 Å². The number of aliphatic hydroxyl groups excluding tert-OH is 1. The van der Waals surface area contributed by atoms with Gasteiger partial charge < -0.3 is 30.5 Å². The van der Waals surface area contributed by atoms with Crippen LogP contribution in [0.3, 0.4) is 0 Å². The Bertz CT molecular complexity index is 947. The summed E-state index contributed by atoms with van der Waals surface area (Å²) in [6.45, 7) is 0.867. The summed E-state index contributed by atoms with van der Waals surface area (Å²) in [6.07, 6.45) is 2.07. The van der Waals surface area contributed by atoms with Crippen LogP contribution in [-0.4, -0.2) is 42.8 Å². The summed E-state index contributed by atoms with van der Waals surface area (Å²) < 4.78 is 10.6. The lowest BCUT2D eigenvalue weighted by Gasteiger charge is -2.12. The molecule has 0 saturated heterocycles. The SMILES string of the molecule is O=C(NCCCCCO)C(=O)Nc1ccccc1C(=O)NCc1ccc2c(c1)OCO2. The topological polar surface area (TPSA) is 126 Å². The molecule has 0 aromatic heterocycles. The lowest BCUT2D eigenvalue weighted by Crippen LogP contribution is -2.36. The van der Waals surface area contributed by atoms with E-state index >= 15 is 0 Å². The fraction of sp³-hybridized carbons (Fsp3) is 0.318. The summed E-state index contributed by atoms with van der Waals surface area (Å²) >= 11 is 0. The number of ether oxygens (including phenoxy) is 2. The predicted octanol–water partition coefficient (Wildman–Crippen LogP) is 1.56. The van der Waals surface area contributed by atoms with E-state index < -0.39 is 17.7 Å². The zero-order chi connectivity index (χ0) is 22.1. The van der Waals surface area contributed by atoms with Gasteiger partial charge >= 0.3 is 11.8 Å². The van der Waals surface area contributed by atoms with Crippen molar-refractivity contribution in [2.45, 2.75) is 25.8 Å². The second-order valence-corrected chi connectivity index (χ2v) is 6.91. The molecule has 3 amide bonds. The molecule has 2 aromatic rings. The van der Waals surface area contributed by atoms with Crippen LogP contribution in [0.25, 0.3) is 0 Å². The molecule has 0 radical (unpaired) electrons. The highest BCUT2D eigenvalue weighted by molar-refractivity contribution is 6.40. The van der Waals surface area contributed by atoms with Gasteiger partial charge in [0.2, 0.25) is 6.79 Å². The Morgan fingerprint density at radius 3 is 2.55 bits per heavy atom. The Morgan fingerprint density at radius 1 is 0.903 bits per heavy atom. The Hall–Kier alpha value is -3.59. The molecule has 4 N–H and O–H groups in total. The third-order valence-corrected chi connectivity index (χ3v) is 4.64. The zero-order valence-electron chi connectivity index (χ0n) is 17.0. The van der Waals surface area contributed by atoms with E-state index in [0.717, 1.165) is 12.0 Å². The van der Waals surface area contributed by atoms with Gasteiger partial charge in [0.15, 0.2) is 11.5 Å². The number of carbonyl (C=O) groups excluding carboxylic acids is 3. The Labute approximate surface area is 179 Å². The maximum atomic E-state index is 12.7. The molecule has 3 rings (SSSR count). The molecule has 164 valence electrons. The molecule has 1 heterocycles. The molecule has 0 aliphatic carbocycles. The second kappa shape index (κ2) is 11.0. The number of hydrogen-bond donors (Lipinski definition) is 4. The van der Waals surface area contributed by atoms with Crippen molar-refractivity contribution in [3.05, 3.63) is 53.6 Å². The normalized spacial score (nSPS) is 11.6. The predicted molar refractivity (Wildman–Crippen MR) is 113 cm³/mol. The third kappa shape index (κ3) is 6.19. The van der Waals surface area contributed by atoms with E-state index in [-0.39, 0.29) is 31.2 Å². The Morgan fingerprint density at radius 2 is 1.71 bits per heavy atom. The number of benzene rings is 2. The number of aliphatic hydroxyl groups is 1. The first kappa shape index (κ1) is 22.1. The van der Waals surface area contributed by atoms with Gasteiger partial charge in [-0.25, -0.2) is 0 Å². The van der Waals surface area contributed by atoms with Crippen LogP contribution < -0.4 is 25.4 Å². The first-order valence-electron chi connectivity index (χ1n) is 10.0. The van der Waals surface area contributed by atoms with Crippen molar-refractivity contribution in [2.24, 2.45) is 0 Å². The molecule has 1 aliphatic rings. The van der Waals surface area contributed by atoms with Gasteiger partial charge in [0.1, 0.15) is 0 Å². The number of amides is 3. The third-order valence-electron chi connectivity index (χ3n) is 4.64. The van der Waals surface area contributed by atoms with Gasteiger partial charge in [0.25, 0.3) is 5.91 Å². The minimum atomic E-state index is -0.849. The van der Waals surface area contributed by atoms with Crippen LogP contribution in [0.1, 0.15) is 35.2 Å². The number of fused-ring (bicyclic) bond motifs is 1. The average Bonchev–Trinajstić information content (AvgIpc) is 3.25. The largest absolute Gasteiger partial charge is 0.454 e. The van der Waals surface area contributed by atoms with Gasteiger partial charge in [-0.15, -0.1) is 0 Å². The van der Waals surface area contributed by atoms with Crippen LogP contribution in [0.2, 0.25) is 0 Å². The molecular formula is C22H25N3O6. The molecule has 0 bridgehead atoms. The number of hydrogen-bond acceptors (Lipinski definition) is 6. The van der Waals surface area contributed by atoms with Crippen molar-refractivity contribution in [1.29, 1.82) is 0 Å². The van der Waals surface area contributed by atoms with E-state index in [4.69, 9.17) is 14.6 Å². The van der Waals surface area contributed by atoms with Gasteiger partial charge in [0, 0.05) is 19.7 Å². The summed E-state index contributed by atoms with van der Waals surface area (Å²) in [5.74, 6) is -0.729. The van der Waals surface area contributed by atoms with Crippen molar-refractivity contribution in [2.75, 3.05) is 25.3 Å². The summed E-state index contributed by atoms with van der Waals surface area (Å²) in [4.78, 5) is 36.8. The molecule has 1 aliphatic heterocycles. The maximum Gasteiger partial charge on any atom is 0.313 e. The first-order valence-corrected chi connectivity index (χ1v) is 10.0. The van der Waals surface area contributed by atoms with Crippen LogP contribution in [0.15, 0.2) is 42.5 Å². The lowest BCUT2D eigenvalue weighted by molar-refractivity contribution is -0.136. The molecule has 0 atom stereocenters. The lowest BCUT2D eigenvalue weighted by atomic mass is 10.1. The number of nitrogens with one attached hydrogen (secondary N) is 3. The Balaban J connectivity index is 1.54. The molecule has 31 heavy (non-hydrogen) atoms. The van der Waals surface area contributed by atoms with Crippen molar-refractivity contribution in [3.63, 3.8) is 0 Å². The van der Waals surface area contributed by atoms with Crippen LogP contribution >= 0.6 is 0 Å². The van der Waals surface area contributed by atoms with Crippen molar-refractivity contribution in [1.82, 2.24) is 10.6 Å². The van der Waals surface area contributed by atoms with E-state index in [2.05, 4.69) is 16.0 Å². The number of para-hydroxylation sites is 1. The van der Waals surface area contributed by atoms with Crippen molar-refractivity contribution >= 4 is 23.4 Å². The Kier molecular flexibility index (Phi) is 7.83. The standard InChI is InChI=1S/C22H25N3O6/c26-11-5-1-4-10-23-21(28)22(29)25-17-7-3-2-6-16(17)20(27)24-13-15-8-9-18-19(12-15)31-14-30-18/h2-3,6-9,12,26H,1,4-5,10-11,13-14H2,(H,23,28)(H,24,27)(H,25,29).